The third-order valence-corrected chi connectivity index (χ3v) is 2.74. The predicted molar refractivity (Wildman–Crippen MR) is 65.4 cm³/mol. The number of ether oxygens (including phenoxy) is 1. The SMILES string of the molecule is COc1cc(C)c(/C=C/C(N)=O)c(C)c1C. The van der Waals surface area contributed by atoms with E-state index in [-0.39, 0.29) is 0 Å². The first kappa shape index (κ1) is 12.3. The molecule has 16 heavy (non-hydrogen) atoms. The van der Waals surface area contributed by atoms with Crippen molar-refractivity contribution >= 4 is 12.0 Å². The summed E-state index contributed by atoms with van der Waals surface area (Å²) in [5.41, 5.74) is 9.36. The molecule has 0 aromatic heterocycles. The molecule has 0 heterocycles. The van der Waals surface area contributed by atoms with Gasteiger partial charge in [-0.05, 0) is 55.2 Å². The zero-order chi connectivity index (χ0) is 12.3. The molecule has 0 fully saturated rings. The predicted octanol–water partition coefficient (Wildman–Crippen LogP) is 2.12. The molecule has 0 saturated carbocycles. The lowest BCUT2D eigenvalue weighted by molar-refractivity contribution is -0.113. The molecule has 86 valence electrons. The van der Waals surface area contributed by atoms with Crippen molar-refractivity contribution in [3.63, 3.8) is 0 Å². The van der Waals surface area contributed by atoms with Gasteiger partial charge in [-0.3, -0.25) is 4.79 Å². The van der Waals surface area contributed by atoms with Gasteiger partial charge in [0.1, 0.15) is 5.75 Å². The van der Waals surface area contributed by atoms with E-state index in [4.69, 9.17) is 10.5 Å². The van der Waals surface area contributed by atoms with E-state index >= 15 is 0 Å². The molecule has 0 spiro atoms. The Morgan fingerprint density at radius 3 is 2.44 bits per heavy atom. The summed E-state index contributed by atoms with van der Waals surface area (Å²) in [5, 5.41) is 0. The first-order valence-corrected chi connectivity index (χ1v) is 5.09. The van der Waals surface area contributed by atoms with E-state index in [0.717, 1.165) is 28.0 Å². The van der Waals surface area contributed by atoms with Gasteiger partial charge in [0, 0.05) is 6.08 Å². The summed E-state index contributed by atoms with van der Waals surface area (Å²) in [6, 6.07) is 1.96. The maximum absolute atomic E-state index is 10.7. The minimum absolute atomic E-state index is 0.438. The Labute approximate surface area is 95.9 Å². The van der Waals surface area contributed by atoms with E-state index in [1.54, 1.807) is 13.2 Å². The van der Waals surface area contributed by atoms with Gasteiger partial charge in [-0.2, -0.15) is 0 Å². The Morgan fingerprint density at radius 1 is 1.31 bits per heavy atom. The Bertz CT molecular complexity index is 448. The Hall–Kier alpha value is -1.77. The lowest BCUT2D eigenvalue weighted by Crippen LogP contribution is -2.05. The van der Waals surface area contributed by atoms with Crippen LogP contribution in [0.3, 0.4) is 0 Å². The molecule has 0 bridgehead atoms. The number of carbonyl (C=O) groups is 1. The topological polar surface area (TPSA) is 52.3 Å². The fourth-order valence-electron chi connectivity index (χ4n) is 1.70. The Balaban J connectivity index is 3.30. The number of primary amides is 1. The van der Waals surface area contributed by atoms with E-state index in [1.165, 1.54) is 6.08 Å². The maximum Gasteiger partial charge on any atom is 0.241 e. The normalized spacial score (nSPS) is 10.8. The highest BCUT2D eigenvalue weighted by molar-refractivity contribution is 5.90. The molecular weight excluding hydrogens is 202 g/mol. The molecule has 0 aliphatic heterocycles. The third-order valence-electron chi connectivity index (χ3n) is 2.74. The zero-order valence-corrected chi connectivity index (χ0v) is 10.1. The summed E-state index contributed by atoms with van der Waals surface area (Å²) in [6.07, 6.45) is 3.13. The second kappa shape index (κ2) is 4.84. The van der Waals surface area contributed by atoms with Crippen LogP contribution in [0.15, 0.2) is 12.1 Å². The molecule has 0 atom stereocenters. The van der Waals surface area contributed by atoms with Gasteiger partial charge >= 0.3 is 0 Å². The minimum Gasteiger partial charge on any atom is -0.496 e. The molecule has 3 nitrogen and oxygen atoms in total. The van der Waals surface area contributed by atoms with E-state index in [9.17, 15) is 4.79 Å². The van der Waals surface area contributed by atoms with E-state index in [0.29, 0.717) is 0 Å². The van der Waals surface area contributed by atoms with Gasteiger partial charge in [-0.1, -0.05) is 0 Å². The fraction of sp³-hybridized carbons (Fsp3) is 0.308. The highest BCUT2D eigenvalue weighted by Gasteiger charge is 2.08. The maximum atomic E-state index is 10.7. The van der Waals surface area contributed by atoms with Gasteiger partial charge < -0.3 is 10.5 Å². The average molecular weight is 219 g/mol. The van der Waals surface area contributed by atoms with Crippen LogP contribution in [0.25, 0.3) is 6.08 Å². The van der Waals surface area contributed by atoms with Crippen LogP contribution in [0.4, 0.5) is 0 Å². The van der Waals surface area contributed by atoms with Gasteiger partial charge in [-0.25, -0.2) is 0 Å². The second-order valence-corrected chi connectivity index (χ2v) is 3.80. The van der Waals surface area contributed by atoms with E-state index < -0.39 is 5.91 Å². The Morgan fingerprint density at radius 2 is 1.94 bits per heavy atom. The number of benzene rings is 1. The lowest BCUT2D eigenvalue weighted by Gasteiger charge is -2.13. The first-order valence-electron chi connectivity index (χ1n) is 5.09. The number of hydrogen-bond donors (Lipinski definition) is 1. The number of amides is 1. The lowest BCUT2D eigenvalue weighted by atomic mass is 9.97. The molecule has 2 N–H and O–H groups in total. The van der Waals surface area contributed by atoms with Crippen LogP contribution >= 0.6 is 0 Å². The monoisotopic (exact) mass is 219 g/mol. The van der Waals surface area contributed by atoms with Crippen LogP contribution in [0, 0.1) is 20.8 Å². The largest absolute Gasteiger partial charge is 0.496 e. The van der Waals surface area contributed by atoms with Crippen molar-refractivity contribution in [1.29, 1.82) is 0 Å². The van der Waals surface area contributed by atoms with Gasteiger partial charge in [0.2, 0.25) is 5.91 Å². The van der Waals surface area contributed by atoms with Crippen LogP contribution in [0.1, 0.15) is 22.3 Å². The minimum atomic E-state index is -0.438. The van der Waals surface area contributed by atoms with Gasteiger partial charge in [0.05, 0.1) is 7.11 Å². The molecule has 1 aromatic carbocycles. The van der Waals surface area contributed by atoms with Crippen molar-refractivity contribution in [2.75, 3.05) is 7.11 Å². The quantitative estimate of drug-likeness (QED) is 0.792. The molecule has 1 aromatic rings. The smallest absolute Gasteiger partial charge is 0.241 e. The van der Waals surface area contributed by atoms with Crippen molar-refractivity contribution in [2.45, 2.75) is 20.8 Å². The molecule has 0 aliphatic rings. The summed E-state index contributed by atoms with van der Waals surface area (Å²) in [5.74, 6) is 0.429. The number of aryl methyl sites for hydroxylation is 1. The summed E-state index contributed by atoms with van der Waals surface area (Å²) in [4.78, 5) is 10.7. The van der Waals surface area contributed by atoms with Crippen molar-refractivity contribution in [1.82, 2.24) is 0 Å². The first-order chi connectivity index (χ1) is 7.47. The molecule has 1 rings (SSSR count). The average Bonchev–Trinajstić information content (AvgIpc) is 2.22. The summed E-state index contributed by atoms with van der Waals surface area (Å²) in [6.45, 7) is 5.98. The molecule has 3 heteroatoms. The fourth-order valence-corrected chi connectivity index (χ4v) is 1.70. The standard InChI is InChI=1S/C13H17NO2/c1-8-7-12(16-4)10(3)9(2)11(8)5-6-13(14)15/h5-7H,1-4H3,(H2,14,15)/b6-5+. The third kappa shape index (κ3) is 2.42. The highest BCUT2D eigenvalue weighted by atomic mass is 16.5. The summed E-state index contributed by atoms with van der Waals surface area (Å²) in [7, 11) is 1.65. The number of hydrogen-bond acceptors (Lipinski definition) is 2. The molecule has 1 amide bonds. The van der Waals surface area contributed by atoms with Gasteiger partial charge in [-0.15, -0.1) is 0 Å². The summed E-state index contributed by atoms with van der Waals surface area (Å²) < 4.78 is 5.27. The molecule has 0 aliphatic carbocycles. The number of carbonyl (C=O) groups excluding carboxylic acids is 1. The zero-order valence-electron chi connectivity index (χ0n) is 10.1. The van der Waals surface area contributed by atoms with Crippen molar-refractivity contribution in [3.8, 4) is 5.75 Å². The van der Waals surface area contributed by atoms with Crippen molar-refractivity contribution < 1.29 is 9.53 Å². The van der Waals surface area contributed by atoms with Gasteiger partial charge in [0.15, 0.2) is 0 Å². The highest BCUT2D eigenvalue weighted by Crippen LogP contribution is 2.28. The van der Waals surface area contributed by atoms with Crippen LogP contribution in [0.2, 0.25) is 0 Å². The van der Waals surface area contributed by atoms with Crippen LogP contribution in [-0.2, 0) is 4.79 Å². The Kier molecular flexibility index (Phi) is 3.72. The van der Waals surface area contributed by atoms with E-state index in [2.05, 4.69) is 0 Å². The van der Waals surface area contributed by atoms with Crippen molar-refractivity contribution in [2.24, 2.45) is 5.73 Å². The number of rotatable bonds is 3. The number of methoxy groups -OCH3 is 1. The van der Waals surface area contributed by atoms with Gasteiger partial charge in [0.25, 0.3) is 0 Å². The molecule has 0 radical (unpaired) electrons. The van der Waals surface area contributed by atoms with Crippen LogP contribution < -0.4 is 10.5 Å². The second-order valence-electron chi connectivity index (χ2n) is 3.80. The summed E-state index contributed by atoms with van der Waals surface area (Å²) >= 11 is 0. The molecule has 0 saturated heterocycles. The van der Waals surface area contributed by atoms with Crippen LogP contribution in [-0.4, -0.2) is 13.0 Å². The van der Waals surface area contributed by atoms with Crippen molar-refractivity contribution in [3.05, 3.63) is 34.4 Å². The van der Waals surface area contributed by atoms with E-state index in [1.807, 2.05) is 26.8 Å². The number of nitrogens with two attached hydrogens (primary N) is 1. The van der Waals surface area contributed by atoms with Crippen LogP contribution in [0.5, 0.6) is 5.75 Å². The molecule has 0 unspecified atom stereocenters. The molecular formula is C13H17NO2.